The summed E-state index contributed by atoms with van der Waals surface area (Å²) in [5.41, 5.74) is 0.936. The lowest BCUT2D eigenvalue weighted by molar-refractivity contribution is 0.653. The van der Waals surface area contributed by atoms with Gasteiger partial charge in [-0.2, -0.15) is 0 Å². The van der Waals surface area contributed by atoms with Crippen LogP contribution in [0.4, 0.5) is 0 Å². The fourth-order valence-corrected chi connectivity index (χ4v) is 2.12. The SMILES string of the molecule is CC1(C)NC=C(c2cnccn2)S1. The predicted molar refractivity (Wildman–Crippen MR) is 54.8 cm³/mol. The molecule has 3 nitrogen and oxygen atoms in total. The second-order valence-corrected chi connectivity index (χ2v) is 5.02. The first-order chi connectivity index (χ1) is 6.17. The molecule has 0 unspecified atom stereocenters. The van der Waals surface area contributed by atoms with Crippen LogP contribution in [0.2, 0.25) is 0 Å². The van der Waals surface area contributed by atoms with E-state index in [2.05, 4.69) is 29.1 Å². The van der Waals surface area contributed by atoms with E-state index in [-0.39, 0.29) is 4.87 Å². The van der Waals surface area contributed by atoms with Gasteiger partial charge in [0.1, 0.15) is 0 Å². The molecule has 0 aliphatic carbocycles. The van der Waals surface area contributed by atoms with Crippen molar-refractivity contribution in [2.45, 2.75) is 18.7 Å². The van der Waals surface area contributed by atoms with Gasteiger partial charge in [-0.05, 0) is 13.8 Å². The molecule has 0 fully saturated rings. The molecule has 4 heteroatoms. The summed E-state index contributed by atoms with van der Waals surface area (Å²) in [6.07, 6.45) is 7.17. The minimum Gasteiger partial charge on any atom is -0.376 e. The van der Waals surface area contributed by atoms with Crippen LogP contribution >= 0.6 is 11.8 Å². The molecule has 1 aliphatic rings. The first-order valence-electron chi connectivity index (χ1n) is 4.11. The molecule has 0 saturated carbocycles. The van der Waals surface area contributed by atoms with Crippen molar-refractivity contribution < 1.29 is 0 Å². The molecule has 13 heavy (non-hydrogen) atoms. The summed E-state index contributed by atoms with van der Waals surface area (Å²) in [6, 6.07) is 0. The molecular formula is C9H11N3S. The summed E-state index contributed by atoms with van der Waals surface area (Å²) in [5.74, 6) is 0. The molecule has 1 aliphatic heterocycles. The quantitative estimate of drug-likeness (QED) is 0.738. The van der Waals surface area contributed by atoms with E-state index in [0.29, 0.717) is 0 Å². The largest absolute Gasteiger partial charge is 0.376 e. The van der Waals surface area contributed by atoms with E-state index < -0.39 is 0 Å². The van der Waals surface area contributed by atoms with Crippen molar-refractivity contribution in [1.29, 1.82) is 0 Å². The maximum Gasteiger partial charge on any atom is 0.0964 e. The van der Waals surface area contributed by atoms with Crippen LogP contribution in [0.25, 0.3) is 4.91 Å². The van der Waals surface area contributed by atoms with Crippen LogP contribution in [0.5, 0.6) is 0 Å². The highest BCUT2D eigenvalue weighted by Gasteiger charge is 2.25. The number of aromatic nitrogens is 2. The standard InChI is InChI=1S/C9H11N3S/c1-9(2)12-6-8(13-9)7-5-10-3-4-11-7/h3-6,12H,1-2H3. The topological polar surface area (TPSA) is 37.8 Å². The van der Waals surface area contributed by atoms with Crippen LogP contribution in [-0.2, 0) is 0 Å². The lowest BCUT2D eigenvalue weighted by atomic mass is 10.4. The van der Waals surface area contributed by atoms with Crippen LogP contribution in [0.1, 0.15) is 19.5 Å². The summed E-state index contributed by atoms with van der Waals surface area (Å²) in [6.45, 7) is 4.27. The van der Waals surface area contributed by atoms with Gasteiger partial charge in [0.2, 0.25) is 0 Å². The molecule has 1 aromatic heterocycles. The van der Waals surface area contributed by atoms with Crippen LogP contribution in [0, 0.1) is 0 Å². The van der Waals surface area contributed by atoms with Gasteiger partial charge in [-0.3, -0.25) is 9.97 Å². The van der Waals surface area contributed by atoms with Gasteiger partial charge in [0.15, 0.2) is 0 Å². The maximum absolute atomic E-state index is 4.23. The van der Waals surface area contributed by atoms with Crippen molar-refractivity contribution in [3.8, 4) is 0 Å². The highest BCUT2D eigenvalue weighted by Crippen LogP contribution is 2.39. The van der Waals surface area contributed by atoms with E-state index >= 15 is 0 Å². The van der Waals surface area contributed by atoms with E-state index in [9.17, 15) is 0 Å². The third kappa shape index (κ3) is 1.83. The molecule has 0 amide bonds. The number of nitrogens with zero attached hydrogens (tertiary/aromatic N) is 2. The Bertz CT molecular complexity index is 332. The van der Waals surface area contributed by atoms with Crippen molar-refractivity contribution in [3.05, 3.63) is 30.5 Å². The molecule has 68 valence electrons. The highest BCUT2D eigenvalue weighted by molar-refractivity contribution is 8.09. The van der Waals surface area contributed by atoms with Crippen LogP contribution in [0.3, 0.4) is 0 Å². The number of hydrogen-bond donors (Lipinski definition) is 1. The molecule has 2 heterocycles. The zero-order valence-electron chi connectivity index (χ0n) is 7.61. The van der Waals surface area contributed by atoms with Crippen molar-refractivity contribution in [1.82, 2.24) is 15.3 Å². The van der Waals surface area contributed by atoms with E-state index in [0.717, 1.165) is 10.6 Å². The summed E-state index contributed by atoms with van der Waals surface area (Å²) in [7, 11) is 0. The molecule has 0 radical (unpaired) electrons. The van der Waals surface area contributed by atoms with Gasteiger partial charge in [-0.15, -0.1) is 0 Å². The van der Waals surface area contributed by atoms with Crippen molar-refractivity contribution in [2.75, 3.05) is 0 Å². The summed E-state index contributed by atoms with van der Waals surface area (Å²) in [4.78, 5) is 9.49. The zero-order valence-corrected chi connectivity index (χ0v) is 8.43. The van der Waals surface area contributed by atoms with Crippen molar-refractivity contribution in [2.24, 2.45) is 0 Å². The molecule has 1 aromatic rings. The maximum atomic E-state index is 4.23. The van der Waals surface area contributed by atoms with E-state index in [4.69, 9.17) is 0 Å². The average Bonchev–Trinajstić information content (AvgIpc) is 2.48. The van der Waals surface area contributed by atoms with E-state index in [1.54, 1.807) is 30.4 Å². The van der Waals surface area contributed by atoms with Gasteiger partial charge < -0.3 is 5.32 Å². The minimum atomic E-state index is 0.0762. The monoisotopic (exact) mass is 193 g/mol. The second-order valence-electron chi connectivity index (χ2n) is 3.36. The Kier molecular flexibility index (Phi) is 2.00. The number of rotatable bonds is 1. The van der Waals surface area contributed by atoms with Gasteiger partial charge in [-0.25, -0.2) is 0 Å². The zero-order chi connectivity index (χ0) is 9.31. The fraction of sp³-hybridized carbons (Fsp3) is 0.333. The summed E-state index contributed by atoms with van der Waals surface area (Å²) >= 11 is 1.77. The Hall–Kier alpha value is -1.03. The third-order valence-electron chi connectivity index (χ3n) is 1.73. The molecule has 0 bridgehead atoms. The highest BCUT2D eigenvalue weighted by atomic mass is 32.2. The predicted octanol–water partition coefficient (Wildman–Crippen LogP) is 1.85. The molecule has 0 spiro atoms. The molecule has 0 atom stereocenters. The first-order valence-corrected chi connectivity index (χ1v) is 4.92. The Morgan fingerprint density at radius 3 is 2.77 bits per heavy atom. The Balaban J connectivity index is 2.22. The van der Waals surface area contributed by atoms with Crippen LogP contribution in [-0.4, -0.2) is 14.8 Å². The molecule has 1 N–H and O–H groups in total. The summed E-state index contributed by atoms with van der Waals surface area (Å²) in [5, 5.41) is 3.28. The minimum absolute atomic E-state index is 0.0762. The molecular weight excluding hydrogens is 182 g/mol. The Morgan fingerprint density at radius 2 is 2.23 bits per heavy atom. The smallest absolute Gasteiger partial charge is 0.0964 e. The van der Waals surface area contributed by atoms with Crippen LogP contribution < -0.4 is 5.32 Å². The van der Waals surface area contributed by atoms with Crippen molar-refractivity contribution in [3.63, 3.8) is 0 Å². The lowest BCUT2D eigenvalue weighted by Crippen LogP contribution is -2.26. The van der Waals surface area contributed by atoms with Gasteiger partial charge in [0, 0.05) is 18.6 Å². The fourth-order valence-electron chi connectivity index (χ4n) is 1.13. The molecule has 2 rings (SSSR count). The van der Waals surface area contributed by atoms with E-state index in [1.807, 2.05) is 6.20 Å². The van der Waals surface area contributed by atoms with Gasteiger partial charge in [0.25, 0.3) is 0 Å². The lowest BCUT2D eigenvalue weighted by Gasteiger charge is -2.17. The number of nitrogens with one attached hydrogen (secondary N) is 1. The molecule has 0 aromatic carbocycles. The third-order valence-corrected chi connectivity index (χ3v) is 2.91. The summed E-state index contributed by atoms with van der Waals surface area (Å²) < 4.78 is 0. The van der Waals surface area contributed by atoms with Gasteiger partial charge in [0.05, 0.1) is 21.7 Å². The van der Waals surface area contributed by atoms with Gasteiger partial charge >= 0.3 is 0 Å². The van der Waals surface area contributed by atoms with Gasteiger partial charge in [-0.1, -0.05) is 11.8 Å². The number of hydrogen-bond acceptors (Lipinski definition) is 4. The normalized spacial score (nSPS) is 19.4. The molecule has 0 saturated heterocycles. The first kappa shape index (κ1) is 8.56. The van der Waals surface area contributed by atoms with Crippen LogP contribution in [0.15, 0.2) is 24.8 Å². The Morgan fingerprint density at radius 1 is 1.38 bits per heavy atom. The average molecular weight is 193 g/mol. The second kappa shape index (κ2) is 3.03. The Labute approximate surface area is 81.7 Å². The van der Waals surface area contributed by atoms with E-state index in [1.165, 1.54) is 0 Å². The van der Waals surface area contributed by atoms with Crippen molar-refractivity contribution >= 4 is 16.7 Å². The number of thioether (sulfide) groups is 1.